The summed E-state index contributed by atoms with van der Waals surface area (Å²) in [5, 5.41) is 4.49. The molecular weight excluding hydrogens is 1280 g/mol. The Hall–Kier alpha value is -13.1. The van der Waals surface area contributed by atoms with Gasteiger partial charge >= 0.3 is 0 Å². The molecule has 0 saturated heterocycles. The number of hydrogen-bond donors (Lipinski definition) is 0. The van der Waals surface area contributed by atoms with Gasteiger partial charge in [-0.05, 0) is 252 Å². The second-order valence-electron chi connectivity index (χ2n) is 29.4. The Bertz CT molecular complexity index is 5700. The molecule has 0 aliphatic heterocycles. The Labute approximate surface area is 621 Å². The van der Waals surface area contributed by atoms with Gasteiger partial charge in [-0.25, -0.2) is 0 Å². The van der Waals surface area contributed by atoms with Crippen LogP contribution in [0.1, 0.15) is 49.9 Å². The standard InChI is InChI=1S/C104H76N2/c1-103(2)95-51-31-29-49-83(95)85-57-53-81(67-97(85)103)105(77-45-25-11-26-46-77)79-55-59-87-93(65-79)99(101-89(71-37-17-7-18-38-71)61-75(69-33-13-5-14-34-69)62-90(101)72-39-19-8-20-40-72)88-60-56-80(106(78-47-27-12-28-48-78)82-54-58-86-84-50-30-32-52-96(84)104(3,4)98(86)68-82)66-94(88)100(87)102-91(73-41-21-9-22-42-73)63-76(70-35-15-6-16-36-70)64-92(102)74-43-23-10-24-44-74/h5-68H,1-4H3. The zero-order chi connectivity index (χ0) is 71.0. The van der Waals surface area contributed by atoms with Gasteiger partial charge in [0.1, 0.15) is 0 Å². The van der Waals surface area contributed by atoms with Crippen molar-refractivity contribution in [2.45, 2.75) is 38.5 Å². The molecule has 0 atom stereocenters. The molecule has 0 unspecified atom stereocenters. The summed E-state index contributed by atoms with van der Waals surface area (Å²) in [4.78, 5) is 5.00. The van der Waals surface area contributed by atoms with Crippen molar-refractivity contribution >= 4 is 55.7 Å². The molecule has 2 aliphatic carbocycles. The summed E-state index contributed by atoms with van der Waals surface area (Å²) in [5.41, 5.74) is 34.7. The van der Waals surface area contributed by atoms with Crippen molar-refractivity contribution in [2.75, 3.05) is 9.80 Å². The molecule has 0 spiro atoms. The molecule has 17 aromatic rings. The molecule has 0 N–H and O–H groups in total. The van der Waals surface area contributed by atoms with Crippen molar-refractivity contribution in [3.8, 4) is 111 Å². The van der Waals surface area contributed by atoms with Crippen molar-refractivity contribution < 1.29 is 0 Å². The molecule has 106 heavy (non-hydrogen) atoms. The van der Waals surface area contributed by atoms with Crippen molar-refractivity contribution in [1.29, 1.82) is 0 Å². The average Bonchev–Trinajstić information content (AvgIpc) is 1.07. The molecule has 17 aromatic carbocycles. The normalized spacial score (nSPS) is 12.9. The van der Waals surface area contributed by atoms with Crippen LogP contribution >= 0.6 is 0 Å². The number of para-hydroxylation sites is 2. The summed E-state index contributed by atoms with van der Waals surface area (Å²) in [6.07, 6.45) is 0. The molecule has 0 aromatic heterocycles. The lowest BCUT2D eigenvalue weighted by Crippen LogP contribution is -2.16. The first kappa shape index (κ1) is 63.8. The lowest BCUT2D eigenvalue weighted by molar-refractivity contribution is 0.660. The van der Waals surface area contributed by atoms with E-state index in [0.29, 0.717) is 0 Å². The minimum Gasteiger partial charge on any atom is -0.310 e. The van der Waals surface area contributed by atoms with Crippen LogP contribution < -0.4 is 9.80 Å². The Morgan fingerprint density at radius 3 is 0.736 bits per heavy atom. The van der Waals surface area contributed by atoms with E-state index < -0.39 is 0 Å². The zero-order valence-electron chi connectivity index (χ0n) is 59.8. The van der Waals surface area contributed by atoms with E-state index in [1.54, 1.807) is 0 Å². The lowest BCUT2D eigenvalue weighted by Gasteiger charge is -2.31. The highest BCUT2D eigenvalue weighted by atomic mass is 15.1. The molecule has 0 heterocycles. The van der Waals surface area contributed by atoms with E-state index in [0.717, 1.165) is 145 Å². The van der Waals surface area contributed by atoms with Gasteiger partial charge in [0.25, 0.3) is 0 Å². The molecule has 0 fully saturated rings. The van der Waals surface area contributed by atoms with Crippen LogP contribution in [0, 0.1) is 0 Å². The Kier molecular flexibility index (Phi) is 15.6. The van der Waals surface area contributed by atoms with Crippen molar-refractivity contribution in [3.63, 3.8) is 0 Å². The second-order valence-corrected chi connectivity index (χ2v) is 29.4. The molecule has 502 valence electrons. The fraction of sp³-hybridized carbons (Fsp3) is 0.0577. The fourth-order valence-electron chi connectivity index (χ4n) is 17.5. The van der Waals surface area contributed by atoms with Crippen molar-refractivity contribution in [3.05, 3.63) is 411 Å². The minimum absolute atomic E-state index is 0.233. The van der Waals surface area contributed by atoms with Gasteiger partial charge in [-0.15, -0.1) is 0 Å². The van der Waals surface area contributed by atoms with Gasteiger partial charge in [-0.2, -0.15) is 0 Å². The van der Waals surface area contributed by atoms with Gasteiger partial charge in [0, 0.05) is 45.0 Å². The number of benzene rings is 17. The van der Waals surface area contributed by atoms with Crippen LogP contribution in [0.25, 0.3) is 133 Å². The molecule has 0 amide bonds. The Morgan fingerprint density at radius 1 is 0.160 bits per heavy atom. The van der Waals surface area contributed by atoms with Gasteiger partial charge in [-0.1, -0.05) is 319 Å². The third kappa shape index (κ3) is 10.8. The van der Waals surface area contributed by atoms with Crippen LogP contribution in [-0.2, 0) is 10.8 Å². The number of fused-ring (bicyclic) bond motifs is 8. The predicted molar refractivity (Wildman–Crippen MR) is 449 cm³/mol. The quantitative estimate of drug-likeness (QED) is 0.100. The first-order chi connectivity index (χ1) is 52.1. The molecule has 2 heteroatoms. The van der Waals surface area contributed by atoms with E-state index in [-0.39, 0.29) is 10.8 Å². The summed E-state index contributed by atoms with van der Waals surface area (Å²) >= 11 is 0. The monoisotopic (exact) mass is 1350 g/mol. The summed E-state index contributed by atoms with van der Waals surface area (Å²) in [6, 6.07) is 145. The maximum Gasteiger partial charge on any atom is 0.0468 e. The number of hydrogen-bond acceptors (Lipinski definition) is 2. The van der Waals surface area contributed by atoms with E-state index in [4.69, 9.17) is 0 Å². The van der Waals surface area contributed by atoms with Crippen LogP contribution in [0.15, 0.2) is 388 Å². The van der Waals surface area contributed by atoms with E-state index in [2.05, 4.69) is 426 Å². The largest absolute Gasteiger partial charge is 0.310 e. The summed E-state index contributed by atoms with van der Waals surface area (Å²) in [6.45, 7) is 9.54. The minimum atomic E-state index is -0.233. The van der Waals surface area contributed by atoms with E-state index >= 15 is 0 Å². The highest BCUT2D eigenvalue weighted by Crippen LogP contribution is 2.58. The van der Waals surface area contributed by atoms with Crippen LogP contribution in [-0.4, -0.2) is 0 Å². The predicted octanol–water partition coefficient (Wildman–Crippen LogP) is 28.9. The Morgan fingerprint density at radius 2 is 0.415 bits per heavy atom. The van der Waals surface area contributed by atoms with Crippen LogP contribution in [0.4, 0.5) is 34.1 Å². The van der Waals surface area contributed by atoms with Crippen LogP contribution in [0.5, 0.6) is 0 Å². The van der Waals surface area contributed by atoms with Crippen molar-refractivity contribution in [1.82, 2.24) is 0 Å². The maximum absolute atomic E-state index is 2.54. The molecular formula is C104H76N2. The summed E-state index contributed by atoms with van der Waals surface area (Å²) < 4.78 is 0. The topological polar surface area (TPSA) is 6.48 Å². The maximum atomic E-state index is 2.54. The van der Waals surface area contributed by atoms with E-state index in [1.807, 2.05) is 0 Å². The first-order valence-corrected chi connectivity index (χ1v) is 37.0. The number of rotatable bonds is 14. The first-order valence-electron chi connectivity index (χ1n) is 37.0. The molecule has 0 saturated carbocycles. The number of nitrogens with zero attached hydrogens (tertiary/aromatic N) is 2. The number of anilines is 6. The molecule has 2 nitrogen and oxygen atoms in total. The summed E-state index contributed by atoms with van der Waals surface area (Å²) in [7, 11) is 0. The van der Waals surface area contributed by atoms with Gasteiger partial charge in [-0.3, -0.25) is 0 Å². The molecule has 0 radical (unpaired) electrons. The van der Waals surface area contributed by atoms with Gasteiger partial charge in [0.05, 0.1) is 0 Å². The van der Waals surface area contributed by atoms with Crippen LogP contribution in [0.2, 0.25) is 0 Å². The highest BCUT2D eigenvalue weighted by Gasteiger charge is 2.38. The molecule has 2 aliphatic rings. The van der Waals surface area contributed by atoms with Gasteiger partial charge < -0.3 is 9.80 Å². The van der Waals surface area contributed by atoms with E-state index in [1.165, 1.54) is 44.5 Å². The smallest absolute Gasteiger partial charge is 0.0468 e. The average molecular weight is 1350 g/mol. The fourth-order valence-corrected chi connectivity index (χ4v) is 17.5. The van der Waals surface area contributed by atoms with Gasteiger partial charge in [0.15, 0.2) is 0 Å². The molecule has 0 bridgehead atoms. The highest BCUT2D eigenvalue weighted by molar-refractivity contribution is 6.27. The third-order valence-corrected chi connectivity index (χ3v) is 22.6. The van der Waals surface area contributed by atoms with E-state index in [9.17, 15) is 0 Å². The summed E-state index contributed by atoms with van der Waals surface area (Å²) in [5.74, 6) is 0. The SMILES string of the molecule is CC1(C)c2ccccc2-c2ccc(N(c3ccccc3)c3ccc4c(-c5c(-c6ccccc6)cc(-c6ccccc6)cc5-c5ccccc5)c5cc(N(c6ccccc6)c6ccc7c(c6)C(C)(C)c6ccccc6-7)ccc5c(-c5c(-c6ccccc6)cc(-c6ccccc6)cc5-c5ccccc5)c4c3)cc21. The third-order valence-electron chi connectivity index (χ3n) is 22.6. The van der Waals surface area contributed by atoms with Crippen LogP contribution in [0.3, 0.4) is 0 Å². The lowest BCUT2D eigenvalue weighted by atomic mass is 9.77. The molecule has 19 rings (SSSR count). The van der Waals surface area contributed by atoms with Gasteiger partial charge in [0.2, 0.25) is 0 Å². The Balaban J connectivity index is 1.00. The van der Waals surface area contributed by atoms with Crippen molar-refractivity contribution in [2.24, 2.45) is 0 Å². The zero-order valence-corrected chi connectivity index (χ0v) is 59.8. The second kappa shape index (κ2) is 26.0.